The van der Waals surface area contributed by atoms with Crippen molar-refractivity contribution >= 4 is 12.0 Å². The molecule has 2 aromatic carbocycles. The van der Waals surface area contributed by atoms with Gasteiger partial charge in [-0.1, -0.05) is 48.5 Å². The Morgan fingerprint density at radius 1 is 1.21 bits per heavy atom. The zero-order valence-electron chi connectivity index (χ0n) is 13.5. The summed E-state index contributed by atoms with van der Waals surface area (Å²) in [6.07, 6.45) is -0.480. The lowest BCUT2D eigenvalue weighted by Gasteiger charge is -2.25. The molecule has 124 valence electrons. The Bertz CT molecular complexity index is 773. The highest BCUT2D eigenvalue weighted by Gasteiger charge is 2.32. The quantitative estimate of drug-likeness (QED) is 0.912. The number of hydrogen-bond acceptors (Lipinski definition) is 2. The number of fused-ring (bicyclic) bond motifs is 1. The molecule has 1 heterocycles. The Morgan fingerprint density at radius 3 is 2.67 bits per heavy atom. The number of carboxylic acid groups (broad SMARTS) is 1. The first-order chi connectivity index (χ1) is 11.6. The topological polar surface area (TPSA) is 69.6 Å². The molecule has 0 bridgehead atoms. The number of hydrogen-bond donors (Lipinski definition) is 2. The highest BCUT2D eigenvalue weighted by atomic mass is 16.4. The van der Waals surface area contributed by atoms with Crippen molar-refractivity contribution in [3.05, 3.63) is 70.8 Å². The summed E-state index contributed by atoms with van der Waals surface area (Å²) in [5.74, 6) is -0.203. The summed E-state index contributed by atoms with van der Waals surface area (Å²) in [6.45, 7) is 3.07. The first-order valence-electron chi connectivity index (χ1n) is 7.97. The third-order valence-corrected chi connectivity index (χ3v) is 4.47. The molecule has 24 heavy (non-hydrogen) atoms. The van der Waals surface area contributed by atoms with Crippen LogP contribution < -0.4 is 5.32 Å². The van der Waals surface area contributed by atoms with Gasteiger partial charge in [0, 0.05) is 13.1 Å². The van der Waals surface area contributed by atoms with E-state index in [0.717, 1.165) is 22.3 Å². The number of amides is 2. The van der Waals surface area contributed by atoms with E-state index in [-0.39, 0.29) is 5.91 Å². The van der Waals surface area contributed by atoms with Crippen LogP contribution in [0.15, 0.2) is 48.5 Å². The van der Waals surface area contributed by atoms with Crippen molar-refractivity contribution in [2.24, 2.45) is 0 Å². The van der Waals surface area contributed by atoms with Gasteiger partial charge in [-0.2, -0.15) is 0 Å². The molecule has 0 radical (unpaired) electrons. The van der Waals surface area contributed by atoms with Crippen molar-refractivity contribution in [3.63, 3.8) is 0 Å². The maximum Gasteiger partial charge on any atom is 0.405 e. The summed E-state index contributed by atoms with van der Waals surface area (Å²) in [7, 11) is 0. The molecule has 0 aromatic heterocycles. The molecule has 3 rings (SSSR count). The van der Waals surface area contributed by atoms with Gasteiger partial charge in [0.2, 0.25) is 5.91 Å². The van der Waals surface area contributed by atoms with E-state index in [0.29, 0.717) is 19.5 Å². The van der Waals surface area contributed by atoms with Gasteiger partial charge in [-0.05, 0) is 35.6 Å². The Kier molecular flexibility index (Phi) is 4.51. The number of benzene rings is 2. The second-order valence-electron chi connectivity index (χ2n) is 6.02. The number of nitrogens with zero attached hydrogens (tertiary/aromatic N) is 1. The molecule has 0 fully saturated rings. The lowest BCUT2D eigenvalue weighted by molar-refractivity contribution is -0.133. The fraction of sp³-hybridized carbons (Fsp3) is 0.263. The van der Waals surface area contributed by atoms with Crippen LogP contribution in [-0.4, -0.2) is 28.6 Å². The maximum absolute atomic E-state index is 13.0. The van der Waals surface area contributed by atoms with E-state index < -0.39 is 12.1 Å². The first-order valence-corrected chi connectivity index (χ1v) is 7.97. The van der Waals surface area contributed by atoms with Gasteiger partial charge in [-0.15, -0.1) is 0 Å². The highest BCUT2D eigenvalue weighted by molar-refractivity contribution is 5.87. The molecule has 1 aliphatic rings. The summed E-state index contributed by atoms with van der Waals surface area (Å²) in [6, 6.07) is 14.6. The minimum atomic E-state index is -1.19. The van der Waals surface area contributed by atoms with E-state index in [4.69, 9.17) is 5.11 Å². The van der Waals surface area contributed by atoms with Gasteiger partial charge in [0.25, 0.3) is 0 Å². The molecule has 2 N–H and O–H groups in total. The summed E-state index contributed by atoms with van der Waals surface area (Å²) < 4.78 is 0. The van der Waals surface area contributed by atoms with Gasteiger partial charge < -0.3 is 15.3 Å². The van der Waals surface area contributed by atoms with Crippen LogP contribution >= 0.6 is 0 Å². The van der Waals surface area contributed by atoms with Gasteiger partial charge in [-0.3, -0.25) is 4.79 Å². The lowest BCUT2D eigenvalue weighted by Crippen LogP contribution is -2.41. The normalized spacial score (nSPS) is 17.1. The highest BCUT2D eigenvalue weighted by Crippen LogP contribution is 2.26. The van der Waals surface area contributed by atoms with E-state index in [1.807, 2.05) is 55.5 Å². The minimum absolute atomic E-state index is 0.203. The summed E-state index contributed by atoms with van der Waals surface area (Å²) in [5, 5.41) is 11.5. The Morgan fingerprint density at radius 2 is 1.92 bits per heavy atom. The molecule has 5 heteroatoms. The number of carbonyl (C=O) groups excluding carboxylic acids is 1. The molecule has 1 aliphatic heterocycles. The van der Waals surface area contributed by atoms with E-state index in [2.05, 4.69) is 5.32 Å². The Balaban J connectivity index is 1.92. The molecule has 5 nitrogen and oxygen atoms in total. The van der Waals surface area contributed by atoms with Crippen molar-refractivity contribution in [3.8, 4) is 0 Å². The van der Waals surface area contributed by atoms with Gasteiger partial charge in [0.15, 0.2) is 0 Å². The molecule has 0 saturated heterocycles. The largest absolute Gasteiger partial charge is 0.465 e. The predicted octanol–water partition coefficient (Wildman–Crippen LogP) is 2.89. The molecule has 2 aromatic rings. The van der Waals surface area contributed by atoms with Gasteiger partial charge >= 0.3 is 6.09 Å². The fourth-order valence-corrected chi connectivity index (χ4v) is 3.14. The van der Waals surface area contributed by atoms with Crippen molar-refractivity contribution in [1.82, 2.24) is 10.2 Å². The second kappa shape index (κ2) is 6.74. The van der Waals surface area contributed by atoms with Crippen molar-refractivity contribution in [2.75, 3.05) is 6.54 Å². The maximum atomic E-state index is 13.0. The summed E-state index contributed by atoms with van der Waals surface area (Å²) in [4.78, 5) is 25.9. The minimum Gasteiger partial charge on any atom is -0.465 e. The average Bonchev–Trinajstić information content (AvgIpc) is 2.69. The second-order valence-corrected chi connectivity index (χ2v) is 6.02. The smallest absolute Gasteiger partial charge is 0.405 e. The van der Waals surface area contributed by atoms with E-state index >= 15 is 0 Å². The molecule has 1 atom stereocenters. The third kappa shape index (κ3) is 3.25. The molecular formula is C19H20N2O3. The van der Waals surface area contributed by atoms with Gasteiger partial charge in [-0.25, -0.2) is 4.79 Å². The zero-order valence-corrected chi connectivity index (χ0v) is 13.5. The van der Waals surface area contributed by atoms with Crippen molar-refractivity contribution < 1.29 is 14.7 Å². The zero-order chi connectivity index (χ0) is 17.1. The van der Waals surface area contributed by atoms with Crippen LogP contribution in [0.3, 0.4) is 0 Å². The fourth-order valence-electron chi connectivity index (χ4n) is 3.14. The van der Waals surface area contributed by atoms with Crippen molar-refractivity contribution in [1.29, 1.82) is 0 Å². The van der Waals surface area contributed by atoms with Crippen LogP contribution in [0.1, 0.15) is 28.3 Å². The predicted molar refractivity (Wildman–Crippen MR) is 90.6 cm³/mol. The van der Waals surface area contributed by atoms with Gasteiger partial charge in [0.1, 0.15) is 6.04 Å². The monoisotopic (exact) mass is 324 g/mol. The number of aryl methyl sites for hydroxylation is 1. The number of rotatable bonds is 3. The van der Waals surface area contributed by atoms with E-state index in [1.165, 1.54) is 0 Å². The van der Waals surface area contributed by atoms with Gasteiger partial charge in [0.05, 0.1) is 0 Å². The van der Waals surface area contributed by atoms with Crippen LogP contribution in [0.2, 0.25) is 0 Å². The van der Waals surface area contributed by atoms with Crippen LogP contribution in [0.4, 0.5) is 4.79 Å². The van der Waals surface area contributed by atoms with Crippen LogP contribution in [0.5, 0.6) is 0 Å². The van der Waals surface area contributed by atoms with E-state index in [9.17, 15) is 9.59 Å². The summed E-state index contributed by atoms with van der Waals surface area (Å²) >= 11 is 0. The van der Waals surface area contributed by atoms with Crippen LogP contribution in [0, 0.1) is 6.92 Å². The summed E-state index contributed by atoms with van der Waals surface area (Å²) in [5.41, 5.74) is 3.95. The average molecular weight is 324 g/mol. The molecule has 0 aliphatic carbocycles. The molecule has 0 spiro atoms. The number of carbonyl (C=O) groups is 2. The molecule has 1 unspecified atom stereocenters. The molecule has 0 saturated carbocycles. The standard InChI is InChI=1S/C19H20N2O3/c1-13-6-2-3-8-15(13)12-21-11-10-14-7-4-5-9-16(14)17(18(21)22)20-19(23)24/h2-9,17,20H,10-12H2,1H3,(H,23,24). The Labute approximate surface area is 140 Å². The van der Waals surface area contributed by atoms with Crippen LogP contribution in [0.25, 0.3) is 0 Å². The number of nitrogens with one attached hydrogen (secondary N) is 1. The van der Waals surface area contributed by atoms with Crippen LogP contribution in [-0.2, 0) is 17.8 Å². The lowest BCUT2D eigenvalue weighted by atomic mass is 9.99. The first kappa shape index (κ1) is 16.1. The van der Waals surface area contributed by atoms with E-state index in [1.54, 1.807) is 4.90 Å². The third-order valence-electron chi connectivity index (χ3n) is 4.47. The SMILES string of the molecule is Cc1ccccc1CN1CCc2ccccc2C(NC(=O)O)C1=O. The Hall–Kier alpha value is -2.82. The molecule has 2 amide bonds. The molecular weight excluding hydrogens is 304 g/mol. The van der Waals surface area contributed by atoms with Crippen molar-refractivity contribution in [2.45, 2.75) is 25.9 Å².